The van der Waals surface area contributed by atoms with Crippen LogP contribution in [0.15, 0.2) is 0 Å². The molecule has 0 spiro atoms. The highest BCUT2D eigenvalue weighted by molar-refractivity contribution is 7.99. The summed E-state index contributed by atoms with van der Waals surface area (Å²) < 4.78 is 5.83. The van der Waals surface area contributed by atoms with Crippen LogP contribution in [-0.2, 0) is 9.53 Å². The van der Waals surface area contributed by atoms with Crippen molar-refractivity contribution in [2.45, 2.75) is 51.3 Å². The van der Waals surface area contributed by atoms with E-state index in [0.29, 0.717) is 18.1 Å². The molecule has 0 bridgehead atoms. The normalized spacial score (nSPS) is 33.5. The van der Waals surface area contributed by atoms with E-state index in [1.54, 1.807) is 0 Å². The van der Waals surface area contributed by atoms with Crippen molar-refractivity contribution in [2.24, 2.45) is 5.92 Å². The summed E-state index contributed by atoms with van der Waals surface area (Å²) in [7, 11) is 0. The highest BCUT2D eigenvalue weighted by atomic mass is 32.2. The lowest BCUT2D eigenvalue weighted by Crippen LogP contribution is -2.52. The predicted molar refractivity (Wildman–Crippen MR) is 77.7 cm³/mol. The summed E-state index contributed by atoms with van der Waals surface area (Å²) in [6.45, 7) is 6.25. The zero-order chi connectivity index (χ0) is 13.8. The van der Waals surface area contributed by atoms with Crippen LogP contribution < -0.4 is 0 Å². The van der Waals surface area contributed by atoms with Crippen molar-refractivity contribution in [2.75, 3.05) is 24.7 Å². The number of hydrogen-bond donors (Lipinski definition) is 1. The van der Waals surface area contributed by atoms with Gasteiger partial charge in [-0.3, -0.25) is 9.69 Å². The second-order valence-corrected chi connectivity index (χ2v) is 7.05. The summed E-state index contributed by atoms with van der Waals surface area (Å²) in [5, 5.41) is 9.06. The van der Waals surface area contributed by atoms with Crippen molar-refractivity contribution in [3.05, 3.63) is 0 Å². The molecule has 2 heterocycles. The molecular formula is C14H25NO3S. The number of carboxylic acids is 1. The van der Waals surface area contributed by atoms with Crippen LogP contribution in [0.3, 0.4) is 0 Å². The maximum absolute atomic E-state index is 11.0. The van der Waals surface area contributed by atoms with Gasteiger partial charge in [0.1, 0.15) is 0 Å². The van der Waals surface area contributed by atoms with Crippen molar-refractivity contribution in [1.82, 2.24) is 4.90 Å². The second kappa shape index (κ2) is 6.95. The van der Waals surface area contributed by atoms with Gasteiger partial charge in [-0.05, 0) is 18.8 Å². The molecule has 0 aromatic rings. The van der Waals surface area contributed by atoms with Gasteiger partial charge in [-0.15, -0.1) is 0 Å². The molecule has 0 radical (unpaired) electrons. The Hall–Kier alpha value is -0.260. The number of hydrogen-bond acceptors (Lipinski definition) is 4. The van der Waals surface area contributed by atoms with Crippen LogP contribution in [-0.4, -0.2) is 58.8 Å². The fourth-order valence-corrected chi connectivity index (χ4v) is 4.19. The molecule has 4 nitrogen and oxygen atoms in total. The van der Waals surface area contributed by atoms with Crippen LogP contribution in [0.2, 0.25) is 0 Å². The van der Waals surface area contributed by atoms with Gasteiger partial charge < -0.3 is 9.84 Å². The van der Waals surface area contributed by atoms with Crippen molar-refractivity contribution >= 4 is 17.7 Å². The largest absolute Gasteiger partial charge is 0.481 e. The van der Waals surface area contributed by atoms with E-state index in [1.807, 2.05) is 11.8 Å². The van der Waals surface area contributed by atoms with Gasteiger partial charge in [0.15, 0.2) is 0 Å². The molecule has 19 heavy (non-hydrogen) atoms. The Balaban J connectivity index is 1.98. The van der Waals surface area contributed by atoms with Crippen LogP contribution in [0.5, 0.6) is 0 Å². The van der Waals surface area contributed by atoms with E-state index < -0.39 is 5.97 Å². The number of carbonyl (C=O) groups is 1. The lowest BCUT2D eigenvalue weighted by molar-refractivity contribution is -0.138. The summed E-state index contributed by atoms with van der Waals surface area (Å²) in [6.07, 6.45) is 2.71. The molecule has 2 aliphatic heterocycles. The minimum Gasteiger partial charge on any atom is -0.481 e. The van der Waals surface area contributed by atoms with E-state index in [4.69, 9.17) is 9.84 Å². The Labute approximate surface area is 119 Å². The van der Waals surface area contributed by atoms with Gasteiger partial charge in [0.05, 0.1) is 12.5 Å². The third-order valence-electron chi connectivity index (χ3n) is 4.18. The fourth-order valence-electron chi connectivity index (χ4n) is 3.10. The average molecular weight is 287 g/mol. The monoisotopic (exact) mass is 287 g/mol. The zero-order valence-electron chi connectivity index (χ0n) is 11.9. The Kier molecular flexibility index (Phi) is 5.54. The first-order chi connectivity index (χ1) is 9.08. The van der Waals surface area contributed by atoms with Crippen LogP contribution in [0.25, 0.3) is 0 Å². The first-order valence-corrected chi connectivity index (χ1v) is 8.40. The van der Waals surface area contributed by atoms with Crippen molar-refractivity contribution in [3.8, 4) is 0 Å². The predicted octanol–water partition coefficient (Wildman–Crippen LogP) is 2.08. The summed E-state index contributed by atoms with van der Waals surface area (Å²) in [5.74, 6) is 1.94. The van der Waals surface area contributed by atoms with Crippen LogP contribution in [0.4, 0.5) is 0 Å². The van der Waals surface area contributed by atoms with Gasteiger partial charge in [0.2, 0.25) is 0 Å². The molecule has 2 aliphatic rings. The SMILES string of the molecule is CC(C)C1CC(N2CCSCC2CC(=O)O)CCO1. The molecule has 3 atom stereocenters. The van der Waals surface area contributed by atoms with Gasteiger partial charge in [-0.1, -0.05) is 13.8 Å². The Morgan fingerprint density at radius 1 is 1.53 bits per heavy atom. The first-order valence-electron chi connectivity index (χ1n) is 7.24. The van der Waals surface area contributed by atoms with Crippen molar-refractivity contribution < 1.29 is 14.6 Å². The number of nitrogens with zero attached hydrogens (tertiary/aromatic N) is 1. The average Bonchev–Trinajstić information content (AvgIpc) is 2.39. The van der Waals surface area contributed by atoms with Gasteiger partial charge in [-0.25, -0.2) is 0 Å². The van der Waals surface area contributed by atoms with Gasteiger partial charge in [-0.2, -0.15) is 11.8 Å². The van der Waals surface area contributed by atoms with Crippen LogP contribution >= 0.6 is 11.8 Å². The minimum atomic E-state index is -0.676. The number of thioether (sulfide) groups is 1. The van der Waals surface area contributed by atoms with Crippen LogP contribution in [0.1, 0.15) is 33.1 Å². The zero-order valence-corrected chi connectivity index (χ0v) is 12.7. The van der Waals surface area contributed by atoms with E-state index in [9.17, 15) is 4.79 Å². The molecule has 3 unspecified atom stereocenters. The second-order valence-electron chi connectivity index (χ2n) is 5.90. The molecule has 2 rings (SSSR count). The molecule has 0 aromatic carbocycles. The number of aliphatic carboxylic acids is 1. The van der Waals surface area contributed by atoms with E-state index in [0.717, 1.165) is 37.5 Å². The summed E-state index contributed by atoms with van der Waals surface area (Å²) >= 11 is 1.88. The molecule has 2 fully saturated rings. The summed E-state index contributed by atoms with van der Waals surface area (Å²) in [5.41, 5.74) is 0. The molecule has 1 N–H and O–H groups in total. The molecular weight excluding hydrogens is 262 g/mol. The summed E-state index contributed by atoms with van der Waals surface area (Å²) in [6, 6.07) is 0.707. The smallest absolute Gasteiger partial charge is 0.304 e. The Bertz CT molecular complexity index is 311. The van der Waals surface area contributed by atoms with Gasteiger partial charge in [0, 0.05) is 36.7 Å². The van der Waals surface area contributed by atoms with Gasteiger partial charge >= 0.3 is 5.97 Å². The van der Waals surface area contributed by atoms with E-state index in [1.165, 1.54) is 0 Å². The molecule has 0 saturated carbocycles. The Morgan fingerprint density at radius 3 is 3.00 bits per heavy atom. The highest BCUT2D eigenvalue weighted by Gasteiger charge is 2.34. The molecule has 2 saturated heterocycles. The summed E-state index contributed by atoms with van der Waals surface area (Å²) in [4.78, 5) is 13.5. The maximum atomic E-state index is 11.0. The van der Waals surface area contributed by atoms with E-state index in [2.05, 4.69) is 18.7 Å². The minimum absolute atomic E-state index is 0.201. The molecule has 5 heteroatoms. The molecule has 110 valence electrons. The lowest BCUT2D eigenvalue weighted by Gasteiger charge is -2.44. The number of ether oxygens (including phenoxy) is 1. The van der Waals surface area contributed by atoms with E-state index in [-0.39, 0.29) is 12.5 Å². The molecule has 0 aliphatic carbocycles. The number of rotatable bonds is 4. The maximum Gasteiger partial charge on any atom is 0.304 e. The standard InChI is InChI=1S/C14H25NO3S/c1-10(2)13-7-11(3-5-18-13)15-4-6-19-9-12(15)8-14(16)17/h10-13H,3-9H2,1-2H3,(H,16,17). The fraction of sp³-hybridized carbons (Fsp3) is 0.929. The molecule has 0 aromatic heterocycles. The third-order valence-corrected chi connectivity index (χ3v) is 5.28. The highest BCUT2D eigenvalue weighted by Crippen LogP contribution is 2.29. The molecule has 0 amide bonds. The Morgan fingerprint density at radius 2 is 2.32 bits per heavy atom. The van der Waals surface area contributed by atoms with Crippen molar-refractivity contribution in [3.63, 3.8) is 0 Å². The van der Waals surface area contributed by atoms with Crippen molar-refractivity contribution in [1.29, 1.82) is 0 Å². The van der Waals surface area contributed by atoms with Gasteiger partial charge in [0.25, 0.3) is 0 Å². The van der Waals surface area contributed by atoms with Crippen LogP contribution in [0, 0.1) is 5.92 Å². The van der Waals surface area contributed by atoms with E-state index >= 15 is 0 Å². The first kappa shape index (κ1) is 15.1. The quantitative estimate of drug-likeness (QED) is 0.858. The number of carboxylic acid groups (broad SMARTS) is 1. The topological polar surface area (TPSA) is 49.8 Å². The third kappa shape index (κ3) is 4.10. The lowest BCUT2D eigenvalue weighted by atomic mass is 9.93.